The Hall–Kier alpha value is -1.17. The molecule has 0 heterocycles. The van der Waals surface area contributed by atoms with Gasteiger partial charge in [-0.05, 0) is 24.0 Å². The monoisotopic (exact) mass is 277 g/mol. The molecule has 0 bridgehead atoms. The number of hydrogen-bond acceptors (Lipinski definition) is 3. The van der Waals surface area contributed by atoms with E-state index in [0.29, 0.717) is 6.42 Å². The van der Waals surface area contributed by atoms with Crippen LogP contribution in [0.15, 0.2) is 17.0 Å². The van der Waals surface area contributed by atoms with Crippen LogP contribution in [0.25, 0.3) is 0 Å². The zero-order valence-electron chi connectivity index (χ0n) is 10.6. The molecule has 0 saturated carbocycles. The fourth-order valence-corrected chi connectivity index (χ4v) is 3.22. The molecule has 0 aliphatic carbocycles. The number of benzene rings is 1. The lowest BCUT2D eigenvalue weighted by atomic mass is 9.94. The molecule has 0 atom stereocenters. The van der Waals surface area contributed by atoms with E-state index in [-0.39, 0.29) is 16.9 Å². The maximum atomic E-state index is 13.5. The van der Waals surface area contributed by atoms with Gasteiger partial charge in [-0.25, -0.2) is 17.2 Å². The van der Waals surface area contributed by atoms with Crippen molar-refractivity contribution in [3.63, 3.8) is 0 Å². The Labute approximate surface area is 106 Å². The molecule has 0 aliphatic rings. The highest BCUT2D eigenvalue weighted by Gasteiger charge is 2.26. The number of nitrogens with two attached hydrogens (primary N) is 1. The summed E-state index contributed by atoms with van der Waals surface area (Å²) in [6.07, 6.45) is 0.318. The van der Waals surface area contributed by atoms with Crippen LogP contribution in [-0.2, 0) is 9.84 Å². The van der Waals surface area contributed by atoms with Crippen LogP contribution < -0.4 is 5.73 Å². The molecule has 0 radical (unpaired) electrons. The van der Waals surface area contributed by atoms with Gasteiger partial charge in [0.25, 0.3) is 0 Å². The summed E-state index contributed by atoms with van der Waals surface area (Å²) in [5.41, 5.74) is 4.87. The van der Waals surface area contributed by atoms with E-state index >= 15 is 0 Å². The fourth-order valence-electron chi connectivity index (χ4n) is 1.42. The maximum Gasteiger partial charge on any atom is 0.184 e. The van der Waals surface area contributed by atoms with Gasteiger partial charge in [-0.3, -0.25) is 0 Å². The molecule has 1 aromatic rings. The van der Waals surface area contributed by atoms with E-state index in [1.54, 1.807) is 0 Å². The Morgan fingerprint density at radius 3 is 2.00 bits per heavy atom. The highest BCUT2D eigenvalue weighted by atomic mass is 32.2. The Morgan fingerprint density at radius 2 is 1.61 bits per heavy atom. The SMILES string of the molecule is CC(C)(C)CCS(=O)(=O)c1c(F)cc(N)cc1F. The third-order valence-corrected chi connectivity index (χ3v) is 4.21. The van der Waals surface area contributed by atoms with Gasteiger partial charge in [-0.1, -0.05) is 20.8 Å². The van der Waals surface area contributed by atoms with Crippen LogP contribution in [0.5, 0.6) is 0 Å². The minimum absolute atomic E-state index is 0.139. The van der Waals surface area contributed by atoms with Crippen LogP contribution in [0.4, 0.5) is 14.5 Å². The molecule has 0 aliphatic heterocycles. The number of rotatable bonds is 3. The molecule has 0 aromatic heterocycles. The summed E-state index contributed by atoms with van der Waals surface area (Å²) in [5.74, 6) is -2.57. The molecule has 2 N–H and O–H groups in total. The summed E-state index contributed by atoms with van der Waals surface area (Å²) in [6, 6.07) is 1.63. The van der Waals surface area contributed by atoms with E-state index in [0.717, 1.165) is 12.1 Å². The first-order chi connectivity index (χ1) is 8.03. The highest BCUT2D eigenvalue weighted by Crippen LogP contribution is 2.26. The van der Waals surface area contributed by atoms with Crippen molar-refractivity contribution in [3.05, 3.63) is 23.8 Å². The van der Waals surface area contributed by atoms with Gasteiger partial charge in [0.05, 0.1) is 5.75 Å². The molecule has 0 fully saturated rings. The largest absolute Gasteiger partial charge is 0.399 e. The van der Waals surface area contributed by atoms with Gasteiger partial charge in [0.1, 0.15) is 16.5 Å². The van der Waals surface area contributed by atoms with Crippen molar-refractivity contribution >= 4 is 15.5 Å². The van der Waals surface area contributed by atoms with E-state index in [9.17, 15) is 17.2 Å². The Balaban J connectivity index is 3.14. The Kier molecular flexibility index (Phi) is 4.00. The fraction of sp³-hybridized carbons (Fsp3) is 0.500. The summed E-state index contributed by atoms with van der Waals surface area (Å²) in [5, 5.41) is 0. The van der Waals surface area contributed by atoms with Crippen molar-refractivity contribution in [2.45, 2.75) is 32.1 Å². The van der Waals surface area contributed by atoms with Gasteiger partial charge in [0.2, 0.25) is 0 Å². The van der Waals surface area contributed by atoms with Crippen molar-refractivity contribution in [1.29, 1.82) is 0 Å². The molecular formula is C12H17F2NO2S. The molecule has 0 unspecified atom stereocenters. The van der Waals surface area contributed by atoms with Crippen LogP contribution >= 0.6 is 0 Å². The summed E-state index contributed by atoms with van der Waals surface area (Å²) in [4.78, 5) is -0.888. The quantitative estimate of drug-likeness (QED) is 0.864. The second-order valence-corrected chi connectivity index (χ2v) is 7.49. The summed E-state index contributed by atoms with van der Waals surface area (Å²) in [7, 11) is -3.98. The van der Waals surface area contributed by atoms with E-state index in [2.05, 4.69) is 0 Å². The van der Waals surface area contributed by atoms with Gasteiger partial charge < -0.3 is 5.73 Å². The lowest BCUT2D eigenvalue weighted by Crippen LogP contribution is -2.17. The number of nitrogen functional groups attached to an aromatic ring is 1. The van der Waals surface area contributed by atoms with E-state index in [1.807, 2.05) is 20.8 Å². The second kappa shape index (κ2) is 4.84. The average Bonchev–Trinajstić information content (AvgIpc) is 2.11. The van der Waals surface area contributed by atoms with Crippen molar-refractivity contribution in [1.82, 2.24) is 0 Å². The van der Waals surface area contributed by atoms with Crippen LogP contribution in [0.3, 0.4) is 0 Å². The second-order valence-electron chi connectivity index (χ2n) is 5.44. The number of halogens is 2. The molecular weight excluding hydrogens is 260 g/mol. The van der Waals surface area contributed by atoms with Crippen molar-refractivity contribution < 1.29 is 17.2 Å². The smallest absolute Gasteiger partial charge is 0.184 e. The summed E-state index contributed by atoms with van der Waals surface area (Å²) < 4.78 is 50.9. The Morgan fingerprint density at radius 1 is 1.17 bits per heavy atom. The van der Waals surface area contributed by atoms with Gasteiger partial charge in [0.15, 0.2) is 9.84 Å². The molecule has 18 heavy (non-hydrogen) atoms. The number of anilines is 1. The molecule has 3 nitrogen and oxygen atoms in total. The van der Waals surface area contributed by atoms with Crippen molar-refractivity contribution in [2.24, 2.45) is 5.41 Å². The van der Waals surface area contributed by atoms with Crippen LogP contribution in [0.1, 0.15) is 27.2 Å². The lowest BCUT2D eigenvalue weighted by Gasteiger charge is -2.18. The summed E-state index contributed by atoms with van der Waals surface area (Å²) in [6.45, 7) is 5.58. The first-order valence-corrected chi connectivity index (χ1v) is 7.15. The first kappa shape index (κ1) is 14.9. The topological polar surface area (TPSA) is 60.2 Å². The molecule has 0 spiro atoms. The molecule has 0 saturated heterocycles. The van der Waals surface area contributed by atoms with Crippen LogP contribution in [0.2, 0.25) is 0 Å². The van der Waals surface area contributed by atoms with E-state index in [4.69, 9.17) is 5.73 Å². The third kappa shape index (κ3) is 3.66. The van der Waals surface area contributed by atoms with Crippen LogP contribution in [-0.4, -0.2) is 14.2 Å². The summed E-state index contributed by atoms with van der Waals surface area (Å²) >= 11 is 0. The lowest BCUT2D eigenvalue weighted by molar-refractivity contribution is 0.396. The molecule has 102 valence electrons. The molecule has 0 amide bonds. The number of hydrogen-bond donors (Lipinski definition) is 1. The highest BCUT2D eigenvalue weighted by molar-refractivity contribution is 7.91. The van der Waals surface area contributed by atoms with Gasteiger partial charge in [0, 0.05) is 5.69 Å². The van der Waals surface area contributed by atoms with Gasteiger partial charge in [-0.15, -0.1) is 0 Å². The van der Waals surface area contributed by atoms with Crippen LogP contribution in [0, 0.1) is 17.0 Å². The van der Waals surface area contributed by atoms with E-state index in [1.165, 1.54) is 0 Å². The molecule has 6 heteroatoms. The predicted molar refractivity (Wildman–Crippen MR) is 66.9 cm³/mol. The zero-order valence-corrected chi connectivity index (χ0v) is 11.4. The first-order valence-electron chi connectivity index (χ1n) is 5.50. The predicted octanol–water partition coefficient (Wildman–Crippen LogP) is 2.76. The third-order valence-electron chi connectivity index (χ3n) is 2.45. The standard InChI is InChI=1S/C12H17F2NO2S/c1-12(2,3)4-5-18(16,17)11-9(13)6-8(15)7-10(11)14/h6-7H,4-5,15H2,1-3H3. The number of sulfone groups is 1. The van der Waals surface area contributed by atoms with Crippen molar-refractivity contribution in [2.75, 3.05) is 11.5 Å². The molecule has 1 aromatic carbocycles. The minimum Gasteiger partial charge on any atom is -0.399 e. The van der Waals surface area contributed by atoms with Gasteiger partial charge in [-0.2, -0.15) is 0 Å². The van der Waals surface area contributed by atoms with E-state index < -0.39 is 26.4 Å². The average molecular weight is 277 g/mol. The maximum absolute atomic E-state index is 13.5. The molecule has 1 rings (SSSR count). The Bertz CT molecular complexity index is 525. The zero-order chi connectivity index (χ0) is 14.1. The minimum atomic E-state index is -3.98. The normalized spacial score (nSPS) is 12.7. The van der Waals surface area contributed by atoms with Gasteiger partial charge >= 0.3 is 0 Å². The van der Waals surface area contributed by atoms with Crippen molar-refractivity contribution in [3.8, 4) is 0 Å².